The third kappa shape index (κ3) is 3.98. The van der Waals surface area contributed by atoms with Gasteiger partial charge >= 0.3 is 0 Å². The van der Waals surface area contributed by atoms with E-state index in [-0.39, 0.29) is 17.3 Å². The highest BCUT2D eigenvalue weighted by Crippen LogP contribution is 2.31. The molecule has 1 atom stereocenters. The largest absolute Gasteiger partial charge is 0.494 e. The van der Waals surface area contributed by atoms with Gasteiger partial charge in [-0.2, -0.15) is 0 Å². The fourth-order valence-electron chi connectivity index (χ4n) is 1.99. The quantitative estimate of drug-likeness (QED) is 0.858. The average molecular weight is 253 g/mol. The van der Waals surface area contributed by atoms with E-state index in [2.05, 4.69) is 26.1 Å². The maximum Gasteiger partial charge on any atom is 0.169 e. The van der Waals surface area contributed by atoms with Crippen LogP contribution in [-0.4, -0.2) is 14.2 Å². The highest BCUT2D eigenvalue weighted by molar-refractivity contribution is 5.33. The number of halogens is 1. The molecule has 0 bridgehead atoms. The molecule has 0 amide bonds. The molecule has 18 heavy (non-hydrogen) atoms. The van der Waals surface area contributed by atoms with Gasteiger partial charge in [0.1, 0.15) is 0 Å². The second-order valence-electron chi connectivity index (χ2n) is 5.80. The normalized spacial score (nSPS) is 13.4. The van der Waals surface area contributed by atoms with Gasteiger partial charge in [0.15, 0.2) is 11.6 Å². The minimum Gasteiger partial charge on any atom is -0.494 e. The average Bonchev–Trinajstić information content (AvgIpc) is 2.30. The number of hydrogen-bond donors (Lipinski definition) is 1. The Hall–Kier alpha value is -1.09. The van der Waals surface area contributed by atoms with Crippen molar-refractivity contribution in [2.24, 2.45) is 5.41 Å². The number of benzene rings is 1. The highest BCUT2D eigenvalue weighted by atomic mass is 19.1. The predicted octanol–water partition coefficient (Wildman–Crippen LogP) is 3.92. The van der Waals surface area contributed by atoms with Gasteiger partial charge in [-0.05, 0) is 31.4 Å². The monoisotopic (exact) mass is 253 g/mol. The topological polar surface area (TPSA) is 21.3 Å². The van der Waals surface area contributed by atoms with Crippen LogP contribution in [0, 0.1) is 11.2 Å². The fraction of sp³-hybridized carbons (Fsp3) is 0.600. The SMILES string of the molecule is CNC(CCC(C)(C)C)c1cccc(OC)c1F. The summed E-state index contributed by atoms with van der Waals surface area (Å²) >= 11 is 0. The molecule has 0 saturated heterocycles. The highest BCUT2D eigenvalue weighted by Gasteiger charge is 2.19. The third-order valence-electron chi connectivity index (χ3n) is 3.12. The maximum absolute atomic E-state index is 14.2. The van der Waals surface area contributed by atoms with Crippen LogP contribution in [0.1, 0.15) is 45.2 Å². The van der Waals surface area contributed by atoms with Gasteiger partial charge in [0.25, 0.3) is 0 Å². The van der Waals surface area contributed by atoms with Crippen molar-refractivity contribution in [2.75, 3.05) is 14.2 Å². The van der Waals surface area contributed by atoms with E-state index < -0.39 is 0 Å². The molecular weight excluding hydrogens is 229 g/mol. The molecule has 2 nitrogen and oxygen atoms in total. The Bertz CT molecular complexity index is 385. The number of hydrogen-bond acceptors (Lipinski definition) is 2. The molecule has 1 aromatic rings. The van der Waals surface area contributed by atoms with Crippen LogP contribution in [0.25, 0.3) is 0 Å². The van der Waals surface area contributed by atoms with E-state index in [9.17, 15) is 4.39 Å². The molecule has 0 heterocycles. The molecule has 0 aliphatic heterocycles. The van der Waals surface area contributed by atoms with Gasteiger partial charge in [-0.3, -0.25) is 0 Å². The zero-order chi connectivity index (χ0) is 13.8. The van der Waals surface area contributed by atoms with Gasteiger partial charge in [0.2, 0.25) is 0 Å². The lowest BCUT2D eigenvalue weighted by Gasteiger charge is -2.24. The first-order chi connectivity index (χ1) is 8.39. The summed E-state index contributed by atoms with van der Waals surface area (Å²) in [6.07, 6.45) is 1.94. The second kappa shape index (κ2) is 6.19. The zero-order valence-electron chi connectivity index (χ0n) is 12.0. The Morgan fingerprint density at radius 1 is 1.33 bits per heavy atom. The van der Waals surface area contributed by atoms with Gasteiger partial charge in [0.05, 0.1) is 7.11 Å². The lowest BCUT2D eigenvalue weighted by molar-refractivity contribution is 0.331. The second-order valence-corrected chi connectivity index (χ2v) is 5.80. The third-order valence-corrected chi connectivity index (χ3v) is 3.12. The Morgan fingerprint density at radius 3 is 2.50 bits per heavy atom. The van der Waals surface area contributed by atoms with Crippen LogP contribution in [0.3, 0.4) is 0 Å². The van der Waals surface area contributed by atoms with Crippen LogP contribution < -0.4 is 10.1 Å². The van der Waals surface area contributed by atoms with E-state index in [1.54, 1.807) is 6.07 Å². The van der Waals surface area contributed by atoms with Crippen molar-refractivity contribution in [1.82, 2.24) is 5.32 Å². The molecule has 3 heteroatoms. The van der Waals surface area contributed by atoms with Crippen LogP contribution >= 0.6 is 0 Å². The minimum atomic E-state index is -0.256. The molecule has 0 fully saturated rings. The lowest BCUT2D eigenvalue weighted by atomic mass is 9.87. The number of rotatable bonds is 5. The molecule has 0 radical (unpaired) electrons. The zero-order valence-corrected chi connectivity index (χ0v) is 12.0. The molecule has 0 saturated carbocycles. The number of ether oxygens (including phenoxy) is 1. The Kier molecular flexibility index (Phi) is 5.15. The molecule has 1 N–H and O–H groups in total. The summed E-state index contributed by atoms with van der Waals surface area (Å²) < 4.78 is 19.2. The Balaban J connectivity index is 2.88. The summed E-state index contributed by atoms with van der Waals surface area (Å²) in [5.41, 5.74) is 0.936. The van der Waals surface area contributed by atoms with Crippen molar-refractivity contribution in [3.05, 3.63) is 29.6 Å². The van der Waals surface area contributed by atoms with Crippen molar-refractivity contribution >= 4 is 0 Å². The number of methoxy groups -OCH3 is 1. The molecule has 0 aromatic heterocycles. The summed E-state index contributed by atoms with van der Waals surface area (Å²) in [6.45, 7) is 6.59. The number of nitrogens with one attached hydrogen (secondary N) is 1. The van der Waals surface area contributed by atoms with E-state index in [0.717, 1.165) is 12.8 Å². The van der Waals surface area contributed by atoms with Gasteiger partial charge in [-0.15, -0.1) is 0 Å². The van der Waals surface area contributed by atoms with Gasteiger partial charge in [0, 0.05) is 11.6 Å². The summed E-state index contributed by atoms with van der Waals surface area (Å²) in [4.78, 5) is 0. The smallest absolute Gasteiger partial charge is 0.169 e. The molecule has 0 aliphatic rings. The van der Waals surface area contributed by atoms with E-state index >= 15 is 0 Å². The van der Waals surface area contributed by atoms with Crippen molar-refractivity contribution in [3.63, 3.8) is 0 Å². The van der Waals surface area contributed by atoms with Gasteiger partial charge in [-0.1, -0.05) is 32.9 Å². The van der Waals surface area contributed by atoms with E-state index in [0.29, 0.717) is 11.3 Å². The first-order valence-corrected chi connectivity index (χ1v) is 6.38. The van der Waals surface area contributed by atoms with Crippen molar-refractivity contribution in [2.45, 2.75) is 39.7 Å². The Morgan fingerprint density at radius 2 is 2.00 bits per heavy atom. The Labute approximate surface area is 110 Å². The predicted molar refractivity (Wildman–Crippen MR) is 73.4 cm³/mol. The summed E-state index contributed by atoms with van der Waals surface area (Å²) in [5, 5.41) is 3.19. The molecule has 0 spiro atoms. The first-order valence-electron chi connectivity index (χ1n) is 6.38. The van der Waals surface area contributed by atoms with Crippen LogP contribution in [0.4, 0.5) is 4.39 Å². The molecule has 0 aliphatic carbocycles. The van der Waals surface area contributed by atoms with E-state index in [4.69, 9.17) is 4.74 Å². The summed E-state index contributed by atoms with van der Waals surface area (Å²) in [7, 11) is 3.36. The van der Waals surface area contributed by atoms with E-state index in [1.165, 1.54) is 7.11 Å². The van der Waals surface area contributed by atoms with Crippen molar-refractivity contribution < 1.29 is 9.13 Å². The van der Waals surface area contributed by atoms with Gasteiger partial charge < -0.3 is 10.1 Å². The molecule has 1 aromatic carbocycles. The van der Waals surface area contributed by atoms with Crippen molar-refractivity contribution in [3.8, 4) is 5.75 Å². The minimum absolute atomic E-state index is 0.0272. The van der Waals surface area contributed by atoms with Crippen LogP contribution in [0.5, 0.6) is 5.75 Å². The standard InChI is InChI=1S/C15H24FNO/c1-15(2,3)10-9-12(17-4)11-7-6-8-13(18-5)14(11)16/h6-8,12,17H,9-10H2,1-5H3. The van der Waals surface area contributed by atoms with Crippen LogP contribution in [0.2, 0.25) is 0 Å². The van der Waals surface area contributed by atoms with Crippen molar-refractivity contribution in [1.29, 1.82) is 0 Å². The fourth-order valence-corrected chi connectivity index (χ4v) is 1.99. The van der Waals surface area contributed by atoms with E-state index in [1.807, 2.05) is 19.2 Å². The summed E-state index contributed by atoms with van der Waals surface area (Å²) in [5.74, 6) is 0.0526. The lowest BCUT2D eigenvalue weighted by Crippen LogP contribution is -2.20. The van der Waals surface area contributed by atoms with Crippen LogP contribution in [-0.2, 0) is 0 Å². The molecule has 1 unspecified atom stereocenters. The van der Waals surface area contributed by atoms with Gasteiger partial charge in [-0.25, -0.2) is 4.39 Å². The molecular formula is C15H24FNO. The summed E-state index contributed by atoms with van der Waals surface area (Å²) in [6, 6.07) is 5.33. The first kappa shape index (κ1) is 15.0. The maximum atomic E-state index is 14.2. The molecule has 102 valence electrons. The van der Waals surface area contributed by atoms with Crippen LogP contribution in [0.15, 0.2) is 18.2 Å². The molecule has 1 rings (SSSR count).